The summed E-state index contributed by atoms with van der Waals surface area (Å²) in [6.45, 7) is 4.56. The van der Waals surface area contributed by atoms with E-state index in [-0.39, 0.29) is 18.1 Å². The monoisotopic (exact) mass is 291 g/mol. The summed E-state index contributed by atoms with van der Waals surface area (Å²) >= 11 is 0. The molecule has 2 aliphatic heterocycles. The Labute approximate surface area is 126 Å². The molecule has 1 aromatic rings. The standard InChI is InChI=1S/C16H25N3O2/c1-13-10-17-18(11-13)12-14-5-2-3-7-19(14)16(20)9-15-6-4-8-21-15/h10-11,14-15H,2-9,12H2,1H3/t14-,15+/m0/s1. The van der Waals surface area contributed by atoms with Crippen molar-refractivity contribution >= 4 is 5.91 Å². The molecule has 2 atom stereocenters. The van der Waals surface area contributed by atoms with Crippen LogP contribution in [0.15, 0.2) is 12.4 Å². The summed E-state index contributed by atoms with van der Waals surface area (Å²) in [5.74, 6) is 0.260. The fourth-order valence-electron chi connectivity index (χ4n) is 3.42. The molecule has 1 amide bonds. The van der Waals surface area contributed by atoms with Crippen molar-refractivity contribution in [1.29, 1.82) is 0 Å². The summed E-state index contributed by atoms with van der Waals surface area (Å²) in [6.07, 6.45) is 10.1. The zero-order valence-corrected chi connectivity index (χ0v) is 12.8. The van der Waals surface area contributed by atoms with Gasteiger partial charge in [0.2, 0.25) is 5.91 Å². The van der Waals surface area contributed by atoms with Crippen LogP contribution in [0.5, 0.6) is 0 Å². The van der Waals surface area contributed by atoms with Crippen LogP contribution in [-0.2, 0) is 16.1 Å². The molecule has 1 aromatic heterocycles. The van der Waals surface area contributed by atoms with Gasteiger partial charge in [0.1, 0.15) is 0 Å². The lowest BCUT2D eigenvalue weighted by molar-refractivity contribution is -0.137. The molecule has 0 bridgehead atoms. The predicted molar refractivity (Wildman–Crippen MR) is 79.9 cm³/mol. The van der Waals surface area contributed by atoms with Crippen molar-refractivity contribution in [2.45, 2.75) is 64.1 Å². The van der Waals surface area contributed by atoms with Crippen LogP contribution in [0.2, 0.25) is 0 Å². The van der Waals surface area contributed by atoms with Gasteiger partial charge in [-0.1, -0.05) is 0 Å². The zero-order valence-electron chi connectivity index (χ0n) is 12.8. The Morgan fingerprint density at radius 1 is 1.38 bits per heavy atom. The average molecular weight is 291 g/mol. The third kappa shape index (κ3) is 3.64. The number of carbonyl (C=O) groups excluding carboxylic acids is 1. The second kappa shape index (κ2) is 6.60. The number of rotatable bonds is 4. The molecule has 2 fully saturated rings. The Morgan fingerprint density at radius 2 is 2.29 bits per heavy atom. The molecule has 3 rings (SSSR count). The average Bonchev–Trinajstić information content (AvgIpc) is 3.11. The fraction of sp³-hybridized carbons (Fsp3) is 0.750. The molecule has 0 saturated carbocycles. The van der Waals surface area contributed by atoms with Crippen LogP contribution >= 0.6 is 0 Å². The summed E-state index contributed by atoms with van der Waals surface area (Å²) in [5.41, 5.74) is 1.17. The second-order valence-electron chi connectivity index (χ2n) is 6.32. The molecule has 2 saturated heterocycles. The van der Waals surface area contributed by atoms with Gasteiger partial charge in [0.15, 0.2) is 0 Å². The molecule has 21 heavy (non-hydrogen) atoms. The minimum Gasteiger partial charge on any atom is -0.378 e. The molecule has 0 spiro atoms. The van der Waals surface area contributed by atoms with E-state index in [4.69, 9.17) is 4.74 Å². The smallest absolute Gasteiger partial charge is 0.225 e. The topological polar surface area (TPSA) is 47.4 Å². The number of piperidine rings is 1. The lowest BCUT2D eigenvalue weighted by Gasteiger charge is -2.36. The first kappa shape index (κ1) is 14.6. The number of likely N-dealkylation sites (tertiary alicyclic amines) is 1. The predicted octanol–water partition coefficient (Wildman–Crippen LogP) is 2.14. The van der Waals surface area contributed by atoms with Crippen molar-refractivity contribution in [3.05, 3.63) is 18.0 Å². The lowest BCUT2D eigenvalue weighted by Crippen LogP contribution is -2.46. The maximum atomic E-state index is 12.6. The highest BCUT2D eigenvalue weighted by molar-refractivity contribution is 5.77. The van der Waals surface area contributed by atoms with E-state index in [1.54, 1.807) is 0 Å². The van der Waals surface area contributed by atoms with E-state index < -0.39 is 0 Å². The Balaban J connectivity index is 1.61. The van der Waals surface area contributed by atoms with Crippen molar-refractivity contribution in [3.8, 4) is 0 Å². The first-order valence-electron chi connectivity index (χ1n) is 8.12. The van der Waals surface area contributed by atoms with E-state index in [2.05, 4.69) is 16.2 Å². The van der Waals surface area contributed by atoms with Crippen molar-refractivity contribution in [2.24, 2.45) is 0 Å². The highest BCUT2D eigenvalue weighted by Gasteiger charge is 2.29. The molecule has 5 heteroatoms. The number of amides is 1. The van der Waals surface area contributed by atoms with Gasteiger partial charge in [-0.15, -0.1) is 0 Å². The number of nitrogens with zero attached hydrogens (tertiary/aromatic N) is 3. The van der Waals surface area contributed by atoms with E-state index in [9.17, 15) is 4.79 Å². The molecule has 0 aromatic carbocycles. The van der Waals surface area contributed by atoms with E-state index in [1.807, 2.05) is 17.8 Å². The molecule has 0 aliphatic carbocycles. The van der Waals surface area contributed by atoms with Gasteiger partial charge in [-0.25, -0.2) is 0 Å². The maximum Gasteiger partial charge on any atom is 0.225 e. The number of aromatic nitrogens is 2. The van der Waals surface area contributed by atoms with Crippen molar-refractivity contribution in [3.63, 3.8) is 0 Å². The Kier molecular flexibility index (Phi) is 4.58. The minimum absolute atomic E-state index is 0.145. The summed E-state index contributed by atoms with van der Waals surface area (Å²) in [7, 11) is 0. The van der Waals surface area contributed by atoms with Gasteiger partial charge >= 0.3 is 0 Å². The van der Waals surface area contributed by atoms with Crippen LogP contribution in [-0.4, -0.2) is 45.9 Å². The molecular formula is C16H25N3O2. The number of hydrogen-bond donors (Lipinski definition) is 0. The number of carbonyl (C=O) groups is 1. The number of hydrogen-bond acceptors (Lipinski definition) is 3. The fourth-order valence-corrected chi connectivity index (χ4v) is 3.42. The molecule has 0 radical (unpaired) electrons. The van der Waals surface area contributed by atoms with Gasteiger partial charge in [0.25, 0.3) is 0 Å². The summed E-state index contributed by atoms with van der Waals surface area (Å²) in [5, 5.41) is 4.36. The summed E-state index contributed by atoms with van der Waals surface area (Å²) in [6, 6.07) is 0.284. The van der Waals surface area contributed by atoms with Crippen molar-refractivity contribution in [2.75, 3.05) is 13.2 Å². The van der Waals surface area contributed by atoms with Crippen LogP contribution in [0, 0.1) is 6.92 Å². The molecule has 0 unspecified atom stereocenters. The van der Waals surface area contributed by atoms with Gasteiger partial charge in [0, 0.05) is 19.3 Å². The Morgan fingerprint density at radius 3 is 3.00 bits per heavy atom. The second-order valence-corrected chi connectivity index (χ2v) is 6.32. The normalized spacial score (nSPS) is 26.2. The minimum atomic E-state index is 0.145. The molecule has 3 heterocycles. The lowest BCUT2D eigenvalue weighted by atomic mass is 10.0. The van der Waals surface area contributed by atoms with Crippen LogP contribution in [0.1, 0.15) is 44.1 Å². The third-order valence-electron chi connectivity index (χ3n) is 4.53. The van der Waals surface area contributed by atoms with E-state index >= 15 is 0 Å². The SMILES string of the molecule is Cc1cnn(C[C@@H]2CCCCN2C(=O)C[C@H]2CCCO2)c1. The van der Waals surface area contributed by atoms with Crippen molar-refractivity contribution in [1.82, 2.24) is 14.7 Å². The number of ether oxygens (including phenoxy) is 1. The summed E-state index contributed by atoms with van der Waals surface area (Å²) < 4.78 is 7.58. The molecular weight excluding hydrogens is 266 g/mol. The Hall–Kier alpha value is -1.36. The van der Waals surface area contributed by atoms with E-state index in [1.165, 1.54) is 12.0 Å². The van der Waals surface area contributed by atoms with Gasteiger partial charge in [-0.3, -0.25) is 9.48 Å². The largest absolute Gasteiger partial charge is 0.378 e. The zero-order chi connectivity index (χ0) is 14.7. The van der Waals surface area contributed by atoms with Crippen LogP contribution in [0.3, 0.4) is 0 Å². The van der Waals surface area contributed by atoms with Crippen LogP contribution in [0.4, 0.5) is 0 Å². The highest BCUT2D eigenvalue weighted by atomic mass is 16.5. The van der Waals surface area contributed by atoms with Gasteiger partial charge in [0.05, 0.1) is 31.3 Å². The van der Waals surface area contributed by atoms with Crippen LogP contribution < -0.4 is 0 Å². The van der Waals surface area contributed by atoms with E-state index in [0.29, 0.717) is 6.42 Å². The quantitative estimate of drug-likeness (QED) is 0.854. The highest BCUT2D eigenvalue weighted by Crippen LogP contribution is 2.22. The van der Waals surface area contributed by atoms with Gasteiger partial charge in [-0.05, 0) is 44.6 Å². The number of aryl methyl sites for hydroxylation is 1. The maximum absolute atomic E-state index is 12.6. The first-order valence-corrected chi connectivity index (χ1v) is 8.12. The first-order chi connectivity index (χ1) is 10.2. The molecule has 5 nitrogen and oxygen atoms in total. The van der Waals surface area contributed by atoms with Gasteiger partial charge < -0.3 is 9.64 Å². The Bertz CT molecular complexity index is 480. The van der Waals surface area contributed by atoms with Crippen LogP contribution in [0.25, 0.3) is 0 Å². The molecule has 0 N–H and O–H groups in total. The van der Waals surface area contributed by atoms with E-state index in [0.717, 1.165) is 45.4 Å². The molecule has 116 valence electrons. The molecule has 2 aliphatic rings. The van der Waals surface area contributed by atoms with Gasteiger partial charge in [-0.2, -0.15) is 5.10 Å². The third-order valence-corrected chi connectivity index (χ3v) is 4.53. The summed E-state index contributed by atoms with van der Waals surface area (Å²) in [4.78, 5) is 14.6. The van der Waals surface area contributed by atoms with Crippen molar-refractivity contribution < 1.29 is 9.53 Å².